The summed E-state index contributed by atoms with van der Waals surface area (Å²) in [6, 6.07) is 0. The summed E-state index contributed by atoms with van der Waals surface area (Å²) in [6.45, 7) is 4.05. The van der Waals surface area contributed by atoms with E-state index in [1.165, 1.54) is 0 Å². The summed E-state index contributed by atoms with van der Waals surface area (Å²) in [4.78, 5) is 0. The molecule has 0 radical (unpaired) electrons. The lowest BCUT2D eigenvalue weighted by Crippen LogP contribution is -2.19. The van der Waals surface area contributed by atoms with Crippen LogP contribution in [0.1, 0.15) is 20.3 Å². The lowest BCUT2D eigenvalue weighted by Gasteiger charge is -1.99. The second kappa shape index (κ2) is 2.20. The third-order valence-electron chi connectivity index (χ3n) is 2.06. The third kappa shape index (κ3) is 1.49. The van der Waals surface area contributed by atoms with E-state index < -0.39 is 10.0 Å². The van der Waals surface area contributed by atoms with Gasteiger partial charge in [0, 0.05) is 0 Å². The minimum Gasteiger partial charge on any atom is -0.228 e. The van der Waals surface area contributed by atoms with E-state index in [0.717, 1.165) is 6.42 Å². The number of sulfonamides is 1. The van der Waals surface area contributed by atoms with Crippen LogP contribution in [0.25, 0.3) is 0 Å². The van der Waals surface area contributed by atoms with Gasteiger partial charge in [-0.15, -0.1) is 0 Å². The molecule has 0 aromatic rings. The third-order valence-corrected chi connectivity index (χ3v) is 3.44. The molecule has 4 heteroatoms. The molecule has 1 fully saturated rings. The summed E-state index contributed by atoms with van der Waals surface area (Å²) < 4.78 is 21.4. The van der Waals surface area contributed by atoms with Crippen LogP contribution in [0.3, 0.4) is 0 Å². The molecule has 2 atom stereocenters. The van der Waals surface area contributed by atoms with Gasteiger partial charge in [-0.05, 0) is 18.3 Å². The van der Waals surface area contributed by atoms with Crippen molar-refractivity contribution in [3.8, 4) is 0 Å². The fourth-order valence-corrected chi connectivity index (χ4v) is 2.56. The first-order valence-corrected chi connectivity index (χ1v) is 5.05. The standard InChI is InChI=1S/C6H13NO2S/c1-4(2)5-3-6(5)10(7,8)9/h4-6H,3H2,1-2H3,(H2,7,8,9)/t5-,6-/m0/s1. The maximum atomic E-state index is 10.7. The van der Waals surface area contributed by atoms with E-state index in [1.807, 2.05) is 13.8 Å². The molecule has 3 nitrogen and oxygen atoms in total. The average molecular weight is 163 g/mol. The van der Waals surface area contributed by atoms with Crippen LogP contribution in [0.5, 0.6) is 0 Å². The fraction of sp³-hybridized carbons (Fsp3) is 1.00. The molecule has 0 unspecified atom stereocenters. The second-order valence-corrected chi connectivity index (χ2v) is 5.05. The zero-order chi connectivity index (χ0) is 7.94. The van der Waals surface area contributed by atoms with E-state index in [1.54, 1.807) is 0 Å². The average Bonchev–Trinajstić information content (AvgIpc) is 2.35. The number of rotatable bonds is 2. The Labute approximate surface area is 61.7 Å². The molecule has 0 aliphatic heterocycles. The molecule has 0 heterocycles. The van der Waals surface area contributed by atoms with E-state index in [2.05, 4.69) is 0 Å². The first-order chi connectivity index (χ1) is 4.43. The molecular formula is C6H13NO2S. The van der Waals surface area contributed by atoms with Crippen LogP contribution >= 0.6 is 0 Å². The quantitative estimate of drug-likeness (QED) is 0.637. The van der Waals surface area contributed by atoms with Crippen LogP contribution in [-0.4, -0.2) is 13.7 Å². The van der Waals surface area contributed by atoms with Crippen molar-refractivity contribution in [1.82, 2.24) is 0 Å². The van der Waals surface area contributed by atoms with Gasteiger partial charge in [-0.25, -0.2) is 13.6 Å². The highest BCUT2D eigenvalue weighted by Gasteiger charge is 2.46. The van der Waals surface area contributed by atoms with Gasteiger partial charge in [-0.2, -0.15) is 0 Å². The summed E-state index contributed by atoms with van der Waals surface area (Å²) in [5.74, 6) is 0.762. The van der Waals surface area contributed by atoms with Crippen molar-refractivity contribution in [2.45, 2.75) is 25.5 Å². The molecule has 0 aromatic carbocycles. The molecule has 2 N–H and O–H groups in total. The van der Waals surface area contributed by atoms with Crippen LogP contribution in [0.4, 0.5) is 0 Å². The van der Waals surface area contributed by atoms with Crippen molar-refractivity contribution in [1.29, 1.82) is 0 Å². The highest BCUT2D eigenvalue weighted by Crippen LogP contribution is 2.41. The highest BCUT2D eigenvalue weighted by molar-refractivity contribution is 7.90. The second-order valence-electron chi connectivity index (χ2n) is 3.27. The van der Waals surface area contributed by atoms with Gasteiger partial charge in [-0.1, -0.05) is 13.8 Å². The maximum Gasteiger partial charge on any atom is 0.212 e. The smallest absolute Gasteiger partial charge is 0.212 e. The Bertz CT molecular complexity index is 220. The van der Waals surface area contributed by atoms with Crippen molar-refractivity contribution in [3.05, 3.63) is 0 Å². The molecule has 0 bridgehead atoms. The summed E-state index contributed by atoms with van der Waals surface area (Å²) >= 11 is 0. The molecule has 60 valence electrons. The van der Waals surface area contributed by atoms with Crippen LogP contribution in [-0.2, 0) is 10.0 Å². The lowest BCUT2D eigenvalue weighted by atomic mass is 10.1. The van der Waals surface area contributed by atoms with Gasteiger partial charge in [0.15, 0.2) is 0 Å². The van der Waals surface area contributed by atoms with Gasteiger partial charge < -0.3 is 0 Å². The number of nitrogens with two attached hydrogens (primary N) is 1. The van der Waals surface area contributed by atoms with Gasteiger partial charge in [0.1, 0.15) is 0 Å². The molecule has 10 heavy (non-hydrogen) atoms. The summed E-state index contributed by atoms with van der Waals surface area (Å²) in [5, 5.41) is 4.70. The topological polar surface area (TPSA) is 60.2 Å². The normalized spacial score (nSPS) is 32.8. The molecule has 1 rings (SSSR count). The van der Waals surface area contributed by atoms with Gasteiger partial charge >= 0.3 is 0 Å². The van der Waals surface area contributed by atoms with Crippen molar-refractivity contribution in [2.75, 3.05) is 0 Å². The Morgan fingerprint density at radius 1 is 1.50 bits per heavy atom. The monoisotopic (exact) mass is 163 g/mol. The van der Waals surface area contributed by atoms with Crippen molar-refractivity contribution in [3.63, 3.8) is 0 Å². The Balaban J connectivity index is 2.55. The van der Waals surface area contributed by atoms with Crippen LogP contribution in [0.2, 0.25) is 0 Å². The Hall–Kier alpha value is -0.0900. The van der Waals surface area contributed by atoms with Gasteiger partial charge in [0.05, 0.1) is 5.25 Å². The Morgan fingerprint density at radius 3 is 2.10 bits per heavy atom. The number of primary sulfonamides is 1. The SMILES string of the molecule is CC(C)[C@@H]1C[C@@H]1S(N)(=O)=O. The highest BCUT2D eigenvalue weighted by atomic mass is 32.2. The Kier molecular flexibility index (Phi) is 1.76. The van der Waals surface area contributed by atoms with E-state index in [0.29, 0.717) is 11.8 Å². The molecule has 0 aromatic heterocycles. The van der Waals surface area contributed by atoms with Crippen LogP contribution < -0.4 is 5.14 Å². The van der Waals surface area contributed by atoms with Crippen LogP contribution in [0, 0.1) is 11.8 Å². The summed E-state index contributed by atoms with van der Waals surface area (Å²) in [7, 11) is -3.22. The molecule has 1 aliphatic rings. The van der Waals surface area contributed by atoms with E-state index in [9.17, 15) is 8.42 Å². The summed E-state index contributed by atoms with van der Waals surface area (Å²) in [5.41, 5.74) is 0. The lowest BCUT2D eigenvalue weighted by molar-refractivity contribution is 0.550. The fourth-order valence-electron chi connectivity index (χ4n) is 1.27. The molecule has 0 spiro atoms. The number of hydrogen-bond acceptors (Lipinski definition) is 2. The molecule has 1 aliphatic carbocycles. The minimum absolute atomic E-state index is 0.243. The Morgan fingerprint density at radius 2 is 2.00 bits per heavy atom. The molecule has 0 amide bonds. The van der Waals surface area contributed by atoms with Crippen molar-refractivity contribution < 1.29 is 8.42 Å². The summed E-state index contributed by atoms with van der Waals surface area (Å²) in [6.07, 6.45) is 0.760. The number of hydrogen-bond donors (Lipinski definition) is 1. The first kappa shape index (κ1) is 8.01. The van der Waals surface area contributed by atoms with Gasteiger partial charge in [0.25, 0.3) is 0 Å². The maximum absolute atomic E-state index is 10.7. The largest absolute Gasteiger partial charge is 0.228 e. The van der Waals surface area contributed by atoms with Crippen LogP contribution in [0.15, 0.2) is 0 Å². The predicted molar refractivity (Wildman–Crippen MR) is 39.8 cm³/mol. The first-order valence-electron chi connectivity index (χ1n) is 3.44. The zero-order valence-electron chi connectivity index (χ0n) is 6.24. The van der Waals surface area contributed by atoms with E-state index >= 15 is 0 Å². The molecular weight excluding hydrogens is 150 g/mol. The van der Waals surface area contributed by atoms with Gasteiger partial charge in [0.2, 0.25) is 10.0 Å². The van der Waals surface area contributed by atoms with E-state index in [4.69, 9.17) is 5.14 Å². The van der Waals surface area contributed by atoms with E-state index in [-0.39, 0.29) is 5.25 Å². The van der Waals surface area contributed by atoms with Crippen molar-refractivity contribution >= 4 is 10.0 Å². The van der Waals surface area contributed by atoms with Gasteiger partial charge in [-0.3, -0.25) is 0 Å². The van der Waals surface area contributed by atoms with Crippen molar-refractivity contribution in [2.24, 2.45) is 17.0 Å². The zero-order valence-corrected chi connectivity index (χ0v) is 7.06. The minimum atomic E-state index is -3.22. The molecule has 1 saturated carbocycles. The predicted octanol–water partition coefficient (Wildman–Crippen LogP) is 0.319. The molecule has 0 saturated heterocycles.